The van der Waals surface area contributed by atoms with Crippen molar-refractivity contribution < 1.29 is 37.2 Å². The largest absolute Gasteiger partial charge is 0.491 e. The lowest BCUT2D eigenvalue weighted by Gasteiger charge is -2.23. The predicted molar refractivity (Wildman–Crippen MR) is 156 cm³/mol. The van der Waals surface area contributed by atoms with Crippen molar-refractivity contribution in [3.05, 3.63) is 65.2 Å². The average Bonchev–Trinajstić information content (AvgIpc) is 3.31. The lowest BCUT2D eigenvalue weighted by atomic mass is 9.79. The van der Waals surface area contributed by atoms with Crippen LogP contribution in [0.5, 0.6) is 0 Å². The number of halogens is 3. The number of nitrogens with two attached hydrogens (primary N) is 3. The predicted octanol–water partition coefficient (Wildman–Crippen LogP) is 0.785. The number of amides is 2. The number of aryl methyl sites for hydroxylation is 1. The number of nitrogens with zero attached hydrogens (tertiary/aromatic N) is 1. The van der Waals surface area contributed by atoms with E-state index in [1.54, 1.807) is 18.2 Å². The molecule has 0 saturated heterocycles. The molecule has 0 saturated carbocycles. The van der Waals surface area contributed by atoms with E-state index in [0.29, 0.717) is 24.1 Å². The molecule has 43 heavy (non-hydrogen) atoms. The number of benzene rings is 2. The van der Waals surface area contributed by atoms with E-state index in [1.165, 1.54) is 17.0 Å². The van der Waals surface area contributed by atoms with Crippen LogP contribution in [0.25, 0.3) is 0 Å². The standard InChI is InChI=1S/C29H39BF3N5O5/c31-29(32,33)20-8-5-19(6-9-20)7-11-24(25(39)12-13-26-21-3-1-2-4-22(21)30(42)43-26)37-28(41)23(36)10-14-27(40)38(17-15-34)18-16-35/h1-6,8-9,23-24,26,42H,7,10-18,34-36H2,(H,37,41)/t23-,24+,26-/m0/s1. The molecule has 14 heteroatoms. The van der Waals surface area contributed by atoms with Crippen molar-refractivity contribution in [2.75, 3.05) is 26.2 Å². The van der Waals surface area contributed by atoms with Crippen LogP contribution in [0.2, 0.25) is 0 Å². The van der Waals surface area contributed by atoms with Crippen molar-refractivity contribution in [1.29, 1.82) is 0 Å². The summed E-state index contributed by atoms with van der Waals surface area (Å²) in [5.74, 6) is -1.18. The van der Waals surface area contributed by atoms with Crippen molar-refractivity contribution in [1.82, 2.24) is 10.2 Å². The molecule has 10 nitrogen and oxygen atoms in total. The van der Waals surface area contributed by atoms with Crippen LogP contribution < -0.4 is 28.0 Å². The molecule has 0 fully saturated rings. The van der Waals surface area contributed by atoms with Gasteiger partial charge in [-0.3, -0.25) is 14.4 Å². The smallest absolute Gasteiger partial charge is 0.423 e. The van der Waals surface area contributed by atoms with Gasteiger partial charge >= 0.3 is 13.3 Å². The summed E-state index contributed by atoms with van der Waals surface area (Å²) < 4.78 is 44.5. The quantitative estimate of drug-likeness (QED) is 0.175. The first kappa shape index (κ1) is 34.2. The molecule has 0 radical (unpaired) electrons. The maximum atomic E-state index is 13.4. The van der Waals surface area contributed by atoms with Crippen LogP contribution in [0, 0.1) is 0 Å². The van der Waals surface area contributed by atoms with Gasteiger partial charge in [0.1, 0.15) is 0 Å². The summed E-state index contributed by atoms with van der Waals surface area (Å²) in [5, 5.41) is 12.9. The Labute approximate surface area is 249 Å². The van der Waals surface area contributed by atoms with Crippen molar-refractivity contribution in [3.63, 3.8) is 0 Å². The molecule has 2 amide bonds. The van der Waals surface area contributed by atoms with Gasteiger partial charge in [0.15, 0.2) is 5.78 Å². The summed E-state index contributed by atoms with van der Waals surface area (Å²) in [6, 6.07) is 9.68. The second-order valence-corrected chi connectivity index (χ2v) is 10.5. The number of carbonyl (C=O) groups excluding carboxylic acids is 3. The minimum atomic E-state index is -4.47. The molecule has 1 aliphatic heterocycles. The lowest BCUT2D eigenvalue weighted by molar-refractivity contribution is -0.137. The summed E-state index contributed by atoms with van der Waals surface area (Å²) >= 11 is 0. The average molecular weight is 605 g/mol. The van der Waals surface area contributed by atoms with Crippen LogP contribution >= 0.6 is 0 Å². The van der Waals surface area contributed by atoms with E-state index in [4.69, 9.17) is 21.9 Å². The van der Waals surface area contributed by atoms with Gasteiger partial charge < -0.3 is 37.1 Å². The fourth-order valence-corrected chi connectivity index (χ4v) is 5.01. The monoisotopic (exact) mass is 605 g/mol. The summed E-state index contributed by atoms with van der Waals surface area (Å²) in [6.45, 7) is 1.17. The molecule has 0 aromatic heterocycles. The van der Waals surface area contributed by atoms with Gasteiger partial charge in [0.05, 0.1) is 23.8 Å². The first-order valence-electron chi connectivity index (χ1n) is 14.3. The Balaban J connectivity index is 1.65. The third-order valence-electron chi connectivity index (χ3n) is 7.42. The highest BCUT2D eigenvalue weighted by molar-refractivity contribution is 6.61. The number of carbonyl (C=O) groups is 3. The molecule has 2 aromatic rings. The van der Waals surface area contributed by atoms with E-state index in [9.17, 15) is 32.6 Å². The first-order valence-corrected chi connectivity index (χ1v) is 14.3. The van der Waals surface area contributed by atoms with Crippen molar-refractivity contribution in [2.45, 2.75) is 62.9 Å². The Morgan fingerprint density at radius 3 is 2.28 bits per heavy atom. The maximum absolute atomic E-state index is 13.4. The number of nitrogens with one attached hydrogen (secondary N) is 1. The van der Waals surface area contributed by atoms with Gasteiger partial charge in [-0.2, -0.15) is 13.2 Å². The van der Waals surface area contributed by atoms with Crippen LogP contribution in [0.4, 0.5) is 13.2 Å². The number of alkyl halides is 3. The third-order valence-corrected chi connectivity index (χ3v) is 7.42. The van der Waals surface area contributed by atoms with E-state index in [2.05, 4.69) is 5.32 Å². The highest BCUT2D eigenvalue weighted by atomic mass is 19.4. The maximum Gasteiger partial charge on any atom is 0.491 e. The zero-order chi connectivity index (χ0) is 31.6. The van der Waals surface area contributed by atoms with Crippen LogP contribution in [0.1, 0.15) is 54.9 Å². The molecule has 3 atom stereocenters. The van der Waals surface area contributed by atoms with Crippen molar-refractivity contribution in [2.24, 2.45) is 17.2 Å². The summed E-state index contributed by atoms with van der Waals surface area (Å²) in [7, 11) is -1.10. The second-order valence-electron chi connectivity index (χ2n) is 10.5. The minimum absolute atomic E-state index is 0.00450. The van der Waals surface area contributed by atoms with E-state index in [1.807, 2.05) is 6.07 Å². The fraction of sp³-hybridized carbons (Fsp3) is 0.483. The van der Waals surface area contributed by atoms with Gasteiger partial charge in [0, 0.05) is 39.0 Å². The Kier molecular flexibility index (Phi) is 12.7. The number of hydrogen-bond donors (Lipinski definition) is 5. The number of Topliss-reactive ketones (excluding diaryl/α,β-unsaturated/α-hetero) is 1. The molecule has 0 aliphatic carbocycles. The lowest BCUT2D eigenvalue weighted by Crippen LogP contribution is -2.49. The topological polar surface area (TPSA) is 174 Å². The minimum Gasteiger partial charge on any atom is -0.423 e. The van der Waals surface area contributed by atoms with Crippen LogP contribution in [-0.4, -0.2) is 72.9 Å². The van der Waals surface area contributed by atoms with E-state index in [0.717, 1.165) is 17.7 Å². The van der Waals surface area contributed by atoms with E-state index < -0.39 is 43.0 Å². The highest BCUT2D eigenvalue weighted by Gasteiger charge is 2.35. The van der Waals surface area contributed by atoms with Crippen molar-refractivity contribution >= 4 is 30.2 Å². The Morgan fingerprint density at radius 1 is 1.00 bits per heavy atom. The molecule has 2 aromatic carbocycles. The van der Waals surface area contributed by atoms with Gasteiger partial charge in [-0.05, 0) is 54.4 Å². The number of ketones is 1. The third kappa shape index (κ3) is 9.86. The molecule has 0 unspecified atom stereocenters. The molecule has 234 valence electrons. The molecular formula is C29H39BF3N5O5. The van der Waals surface area contributed by atoms with Crippen LogP contribution in [0.3, 0.4) is 0 Å². The molecule has 0 bridgehead atoms. The molecule has 1 aliphatic rings. The molecule has 3 rings (SSSR count). The van der Waals surface area contributed by atoms with Gasteiger partial charge in [0.2, 0.25) is 11.8 Å². The van der Waals surface area contributed by atoms with E-state index in [-0.39, 0.29) is 63.3 Å². The summed E-state index contributed by atoms with van der Waals surface area (Å²) in [4.78, 5) is 40.4. The molecule has 0 spiro atoms. The Bertz CT molecular complexity index is 1230. The number of hydrogen-bond acceptors (Lipinski definition) is 8. The molecular weight excluding hydrogens is 566 g/mol. The van der Waals surface area contributed by atoms with Gasteiger partial charge in [-0.1, -0.05) is 36.4 Å². The zero-order valence-corrected chi connectivity index (χ0v) is 23.9. The zero-order valence-electron chi connectivity index (χ0n) is 23.9. The molecule has 8 N–H and O–H groups in total. The van der Waals surface area contributed by atoms with Crippen molar-refractivity contribution in [3.8, 4) is 0 Å². The second kappa shape index (κ2) is 16.0. The number of rotatable bonds is 16. The van der Waals surface area contributed by atoms with Gasteiger partial charge in [0.25, 0.3) is 0 Å². The van der Waals surface area contributed by atoms with Crippen LogP contribution in [0.15, 0.2) is 48.5 Å². The first-order chi connectivity index (χ1) is 20.4. The van der Waals surface area contributed by atoms with Gasteiger partial charge in [-0.15, -0.1) is 0 Å². The van der Waals surface area contributed by atoms with E-state index >= 15 is 0 Å². The summed E-state index contributed by atoms with van der Waals surface area (Å²) in [5.41, 5.74) is 18.4. The summed E-state index contributed by atoms with van der Waals surface area (Å²) in [6.07, 6.45) is -4.38. The normalized spacial score (nSPS) is 16.0. The highest BCUT2D eigenvalue weighted by Crippen LogP contribution is 2.30. The fourth-order valence-electron chi connectivity index (χ4n) is 5.01. The SMILES string of the molecule is NCCN(CCN)C(=O)CC[C@H](N)C(=O)N[C@H](CCc1ccc(C(F)(F)F)cc1)C(=O)CC[C@@H]1OB(O)c2ccccc21. The Morgan fingerprint density at radius 2 is 1.65 bits per heavy atom. The molecule has 1 heterocycles. The number of fused-ring (bicyclic) bond motifs is 1. The Hall–Kier alpha value is -3.30. The van der Waals surface area contributed by atoms with Gasteiger partial charge in [-0.25, -0.2) is 0 Å². The van der Waals surface area contributed by atoms with Crippen LogP contribution in [-0.2, 0) is 31.6 Å².